The molecule has 10 heteroatoms. The van der Waals surface area contributed by atoms with Gasteiger partial charge in [0.2, 0.25) is 0 Å². The van der Waals surface area contributed by atoms with Gasteiger partial charge in [0, 0.05) is 43.8 Å². The molecule has 0 atom stereocenters. The Bertz CT molecular complexity index is 1540. The van der Waals surface area contributed by atoms with Gasteiger partial charge < -0.3 is 24.4 Å². The minimum absolute atomic E-state index is 0.116. The lowest BCUT2D eigenvalue weighted by atomic mass is 9.77. The fraction of sp³-hybridized carbons (Fsp3) is 0.651. The van der Waals surface area contributed by atoms with Crippen LogP contribution < -0.4 is 0 Å². The van der Waals surface area contributed by atoms with Gasteiger partial charge in [-0.25, -0.2) is 14.0 Å². The van der Waals surface area contributed by atoms with Gasteiger partial charge in [0.25, 0.3) is 0 Å². The molecular weight excluding hydrogens is 673 g/mol. The number of piperidine rings is 2. The van der Waals surface area contributed by atoms with E-state index in [0.29, 0.717) is 17.5 Å². The molecule has 3 saturated heterocycles. The van der Waals surface area contributed by atoms with E-state index >= 15 is 0 Å². The summed E-state index contributed by atoms with van der Waals surface area (Å²) in [6.45, 7) is 20.3. The van der Waals surface area contributed by atoms with E-state index in [4.69, 9.17) is 9.47 Å². The first kappa shape index (κ1) is 42.1. The molecule has 4 fully saturated rings. The molecule has 2 aromatic rings. The molecule has 2 spiro atoms. The highest BCUT2D eigenvalue weighted by Crippen LogP contribution is 2.46. The molecule has 2 amide bonds. The summed E-state index contributed by atoms with van der Waals surface area (Å²) in [5, 5.41) is 10.3. The number of phenolic OH excluding ortho intramolecular Hbond substituents is 1. The molecule has 1 aliphatic carbocycles. The minimum Gasteiger partial charge on any atom is -0.508 e. The molecule has 3 aliphatic heterocycles. The number of nitrogens with zero attached hydrogens (tertiary/aromatic N) is 3. The van der Waals surface area contributed by atoms with Gasteiger partial charge in [-0.3, -0.25) is 9.69 Å². The van der Waals surface area contributed by atoms with Crippen LogP contribution in [0, 0.1) is 25.1 Å². The standard InChI is InChI=1S/C21H32N2O3.C14H25NO2.C8H7FO/c1-16-6-7-17(18(24)14-16)15-23-11-5-8-21(23)9-12-22(13-10-21)19(25)26-20(2,3)4;1-13(2,3)17-12(16)15-10-8-14(9-11-15)6-4-5-7-14;1-6-2-3-7(5-10)8(9)4-6/h6-7,14,24H,5,8-13,15H2,1-4H3;4-11H2,1-3H3;2-5H,1H3. The third-order valence-electron chi connectivity index (χ3n) is 11.1. The average Bonchev–Trinajstić information content (AvgIpc) is 3.68. The lowest BCUT2D eigenvalue weighted by Crippen LogP contribution is -2.53. The number of hydrogen-bond donors (Lipinski definition) is 1. The predicted molar refractivity (Wildman–Crippen MR) is 207 cm³/mol. The van der Waals surface area contributed by atoms with Crippen molar-refractivity contribution in [1.29, 1.82) is 0 Å². The molecule has 1 N–H and O–H groups in total. The van der Waals surface area contributed by atoms with Crippen LogP contribution in [0.4, 0.5) is 14.0 Å². The van der Waals surface area contributed by atoms with Crippen molar-refractivity contribution in [3.05, 3.63) is 64.5 Å². The maximum absolute atomic E-state index is 12.6. The number of phenols is 1. The largest absolute Gasteiger partial charge is 0.508 e. The number of hydrogen-bond acceptors (Lipinski definition) is 7. The molecule has 0 aromatic heterocycles. The van der Waals surface area contributed by atoms with Crippen molar-refractivity contribution in [1.82, 2.24) is 14.7 Å². The highest BCUT2D eigenvalue weighted by atomic mass is 19.1. The van der Waals surface area contributed by atoms with E-state index in [1.807, 2.05) is 70.4 Å². The summed E-state index contributed by atoms with van der Waals surface area (Å²) < 4.78 is 23.6. The van der Waals surface area contributed by atoms with Crippen LogP contribution in [-0.4, -0.2) is 87.7 Å². The second-order valence-corrected chi connectivity index (χ2v) is 17.7. The van der Waals surface area contributed by atoms with Crippen molar-refractivity contribution in [3.63, 3.8) is 0 Å². The second kappa shape index (κ2) is 17.7. The number of carbonyl (C=O) groups is 3. The van der Waals surface area contributed by atoms with Gasteiger partial charge in [-0.1, -0.05) is 31.0 Å². The smallest absolute Gasteiger partial charge is 0.410 e. The molecule has 0 unspecified atom stereocenters. The summed E-state index contributed by atoms with van der Waals surface area (Å²) in [4.78, 5) is 40.6. The normalized spacial score (nSPS) is 19.6. The number of likely N-dealkylation sites (tertiary alicyclic amines) is 3. The topological polar surface area (TPSA) is 99.6 Å². The molecule has 3 heterocycles. The van der Waals surface area contributed by atoms with Crippen LogP contribution in [0.5, 0.6) is 5.75 Å². The van der Waals surface area contributed by atoms with Gasteiger partial charge in [-0.2, -0.15) is 0 Å². The number of ether oxygens (including phenoxy) is 2. The van der Waals surface area contributed by atoms with E-state index < -0.39 is 11.4 Å². The van der Waals surface area contributed by atoms with Gasteiger partial charge in [-0.05, 0) is 148 Å². The zero-order valence-electron chi connectivity index (χ0n) is 33.6. The summed E-state index contributed by atoms with van der Waals surface area (Å²) in [6, 6.07) is 10.4. The molecule has 4 aliphatic rings. The van der Waals surface area contributed by atoms with E-state index in [1.165, 1.54) is 63.5 Å². The van der Waals surface area contributed by atoms with Crippen LogP contribution in [0.1, 0.15) is 133 Å². The molecule has 0 bridgehead atoms. The SMILES string of the molecule is CC(C)(C)OC(=O)N1CCC2(CCCC2)CC1.Cc1ccc(C=O)c(F)c1.Cc1ccc(CN2CCCC23CCN(C(=O)OC(C)(C)C)CC3)c(O)c1. The van der Waals surface area contributed by atoms with E-state index in [0.717, 1.165) is 68.8 Å². The molecule has 294 valence electrons. The Morgan fingerprint density at radius 3 is 1.74 bits per heavy atom. The first-order valence-electron chi connectivity index (χ1n) is 19.5. The summed E-state index contributed by atoms with van der Waals surface area (Å²) in [6.07, 6.45) is 12.3. The summed E-state index contributed by atoms with van der Waals surface area (Å²) in [7, 11) is 0. The van der Waals surface area contributed by atoms with Crippen LogP contribution in [0.25, 0.3) is 0 Å². The number of aldehydes is 1. The summed E-state index contributed by atoms with van der Waals surface area (Å²) >= 11 is 0. The third-order valence-corrected chi connectivity index (χ3v) is 11.1. The molecule has 0 radical (unpaired) electrons. The molecule has 53 heavy (non-hydrogen) atoms. The van der Waals surface area contributed by atoms with Crippen molar-refractivity contribution >= 4 is 18.5 Å². The maximum Gasteiger partial charge on any atom is 0.410 e. The number of amides is 2. The van der Waals surface area contributed by atoms with Gasteiger partial charge in [0.05, 0.1) is 5.56 Å². The first-order valence-corrected chi connectivity index (χ1v) is 19.5. The number of rotatable bonds is 3. The van der Waals surface area contributed by atoms with Crippen molar-refractivity contribution in [2.75, 3.05) is 32.7 Å². The zero-order valence-corrected chi connectivity index (χ0v) is 33.6. The Morgan fingerprint density at radius 1 is 0.736 bits per heavy atom. The van der Waals surface area contributed by atoms with Crippen molar-refractivity contribution in [3.8, 4) is 5.75 Å². The average molecular weight is 738 g/mol. The van der Waals surface area contributed by atoms with E-state index in [-0.39, 0.29) is 28.9 Å². The van der Waals surface area contributed by atoms with Gasteiger partial charge in [0.15, 0.2) is 6.29 Å². The fourth-order valence-electron chi connectivity index (χ4n) is 8.10. The highest BCUT2D eigenvalue weighted by molar-refractivity contribution is 5.75. The molecular formula is C43H64FN3O6. The first-order chi connectivity index (χ1) is 24.8. The van der Waals surface area contributed by atoms with Crippen LogP contribution in [0.3, 0.4) is 0 Å². The molecule has 2 aromatic carbocycles. The van der Waals surface area contributed by atoms with Crippen molar-refractivity contribution in [2.24, 2.45) is 5.41 Å². The summed E-state index contributed by atoms with van der Waals surface area (Å²) in [5.74, 6) is -0.0618. The monoisotopic (exact) mass is 737 g/mol. The minimum atomic E-state index is -0.450. The third kappa shape index (κ3) is 12.2. The lowest BCUT2D eigenvalue weighted by Gasteiger charge is -2.45. The van der Waals surface area contributed by atoms with Crippen LogP contribution in [-0.2, 0) is 16.0 Å². The summed E-state index contributed by atoms with van der Waals surface area (Å²) in [5.41, 5.74) is 2.90. The Kier molecular flexibility index (Phi) is 14.0. The number of halogens is 1. The van der Waals surface area contributed by atoms with Crippen molar-refractivity contribution in [2.45, 2.75) is 143 Å². The van der Waals surface area contributed by atoms with Gasteiger partial charge in [-0.15, -0.1) is 0 Å². The van der Waals surface area contributed by atoms with Gasteiger partial charge in [0.1, 0.15) is 22.8 Å². The van der Waals surface area contributed by atoms with Crippen LogP contribution >= 0.6 is 0 Å². The Hall–Kier alpha value is -3.66. The Morgan fingerprint density at radius 2 is 1.25 bits per heavy atom. The molecule has 6 rings (SSSR count). The van der Waals surface area contributed by atoms with Crippen LogP contribution in [0.15, 0.2) is 36.4 Å². The number of aryl methyl sites for hydroxylation is 2. The predicted octanol–water partition coefficient (Wildman–Crippen LogP) is 9.59. The lowest BCUT2D eigenvalue weighted by molar-refractivity contribution is 0.00146. The maximum atomic E-state index is 12.6. The van der Waals surface area contributed by atoms with E-state index in [1.54, 1.807) is 13.0 Å². The quantitative estimate of drug-likeness (QED) is 0.313. The fourth-order valence-corrected chi connectivity index (χ4v) is 8.10. The van der Waals surface area contributed by atoms with Crippen LogP contribution in [0.2, 0.25) is 0 Å². The Labute approximate surface area is 317 Å². The number of aromatic hydroxyl groups is 1. The Balaban J connectivity index is 0.000000198. The highest BCUT2D eigenvalue weighted by Gasteiger charge is 2.44. The van der Waals surface area contributed by atoms with E-state index in [2.05, 4.69) is 11.0 Å². The van der Waals surface area contributed by atoms with Gasteiger partial charge >= 0.3 is 12.2 Å². The van der Waals surface area contributed by atoms with E-state index in [9.17, 15) is 23.9 Å². The molecule has 1 saturated carbocycles. The number of benzene rings is 2. The zero-order chi connectivity index (χ0) is 39.0. The number of carbonyl (C=O) groups excluding carboxylic acids is 3. The van der Waals surface area contributed by atoms with Crippen molar-refractivity contribution < 1.29 is 33.4 Å². The molecule has 9 nitrogen and oxygen atoms in total. The second-order valence-electron chi connectivity index (χ2n) is 17.7.